The van der Waals surface area contributed by atoms with Crippen molar-refractivity contribution in [1.82, 2.24) is 15.0 Å². The van der Waals surface area contributed by atoms with Gasteiger partial charge in [-0.3, -0.25) is 4.98 Å². The summed E-state index contributed by atoms with van der Waals surface area (Å²) in [5.74, 6) is 1.25. The monoisotopic (exact) mass is 277 g/mol. The molecule has 0 bridgehead atoms. The van der Waals surface area contributed by atoms with E-state index in [9.17, 15) is 0 Å². The number of aromatic nitrogens is 3. The van der Waals surface area contributed by atoms with Gasteiger partial charge in [-0.25, -0.2) is 4.98 Å². The third-order valence-electron chi connectivity index (χ3n) is 2.64. The Labute approximate surface area is 117 Å². The predicted molar refractivity (Wildman–Crippen MR) is 74.5 cm³/mol. The first kappa shape index (κ1) is 13.7. The average molecular weight is 278 g/mol. The third-order valence-corrected chi connectivity index (χ3v) is 2.84. The number of aryl methyl sites for hydroxylation is 2. The largest absolute Gasteiger partial charge is 0.478 e. The first-order valence-corrected chi connectivity index (χ1v) is 6.71. The fourth-order valence-corrected chi connectivity index (χ4v) is 1.87. The van der Waals surface area contributed by atoms with E-state index in [0.29, 0.717) is 23.5 Å². The highest BCUT2D eigenvalue weighted by atomic mass is 35.5. The van der Waals surface area contributed by atoms with Crippen molar-refractivity contribution < 1.29 is 4.74 Å². The van der Waals surface area contributed by atoms with E-state index in [-0.39, 0.29) is 0 Å². The Morgan fingerprint density at radius 2 is 2.00 bits per heavy atom. The topological polar surface area (TPSA) is 47.9 Å². The Hall–Kier alpha value is -1.68. The molecule has 2 aromatic rings. The second-order valence-electron chi connectivity index (χ2n) is 4.11. The van der Waals surface area contributed by atoms with E-state index in [2.05, 4.69) is 15.0 Å². The molecule has 0 unspecified atom stereocenters. The molecule has 5 heteroatoms. The molecule has 0 aliphatic carbocycles. The van der Waals surface area contributed by atoms with Crippen molar-refractivity contribution in [3.63, 3.8) is 0 Å². The van der Waals surface area contributed by atoms with Crippen LogP contribution < -0.4 is 4.74 Å². The molecule has 100 valence electrons. The molecule has 0 atom stereocenters. The minimum absolute atomic E-state index is 0.427. The van der Waals surface area contributed by atoms with E-state index >= 15 is 0 Å². The molecule has 2 aromatic heterocycles. The van der Waals surface area contributed by atoms with E-state index < -0.39 is 0 Å². The molecule has 2 heterocycles. The number of nitrogens with zero attached hydrogens (tertiary/aromatic N) is 3. The lowest BCUT2D eigenvalue weighted by Gasteiger charge is -2.06. The minimum Gasteiger partial charge on any atom is -0.478 e. The number of hydrogen-bond acceptors (Lipinski definition) is 4. The summed E-state index contributed by atoms with van der Waals surface area (Å²) >= 11 is 5.90. The molecule has 0 fully saturated rings. The van der Waals surface area contributed by atoms with Gasteiger partial charge >= 0.3 is 0 Å². The highest BCUT2D eigenvalue weighted by Gasteiger charge is 2.02. The van der Waals surface area contributed by atoms with Crippen LogP contribution in [0.3, 0.4) is 0 Å². The first-order valence-electron chi connectivity index (χ1n) is 6.33. The maximum Gasteiger partial charge on any atom is 0.218 e. The molecule has 2 rings (SSSR count). The Morgan fingerprint density at radius 1 is 1.21 bits per heavy atom. The van der Waals surface area contributed by atoms with Crippen molar-refractivity contribution in [1.29, 1.82) is 0 Å². The van der Waals surface area contributed by atoms with Crippen molar-refractivity contribution in [3.05, 3.63) is 47.1 Å². The Morgan fingerprint density at radius 3 is 2.74 bits per heavy atom. The Kier molecular flexibility index (Phi) is 5.10. The second kappa shape index (κ2) is 7.04. The molecule has 0 spiro atoms. The maximum absolute atomic E-state index is 5.90. The zero-order valence-corrected chi connectivity index (χ0v) is 11.6. The zero-order chi connectivity index (χ0) is 13.5. The SMILES string of the molecule is CCc1nc(Cl)cc(OCCCc2ccncc2)n1. The molecule has 0 N–H and O–H groups in total. The quantitative estimate of drug-likeness (QED) is 0.601. The van der Waals surface area contributed by atoms with Crippen molar-refractivity contribution in [3.8, 4) is 5.88 Å². The van der Waals surface area contributed by atoms with E-state index in [4.69, 9.17) is 16.3 Å². The van der Waals surface area contributed by atoms with E-state index in [1.165, 1.54) is 5.56 Å². The molecule has 19 heavy (non-hydrogen) atoms. The molecule has 0 aliphatic rings. The summed E-state index contributed by atoms with van der Waals surface area (Å²) in [7, 11) is 0. The van der Waals surface area contributed by atoms with Gasteiger partial charge in [-0.2, -0.15) is 4.98 Å². The van der Waals surface area contributed by atoms with Crippen LogP contribution in [-0.4, -0.2) is 21.6 Å². The van der Waals surface area contributed by atoms with Crippen molar-refractivity contribution >= 4 is 11.6 Å². The first-order chi connectivity index (χ1) is 9.28. The summed E-state index contributed by atoms with van der Waals surface area (Å²) in [5.41, 5.74) is 1.26. The fourth-order valence-electron chi connectivity index (χ4n) is 1.68. The van der Waals surface area contributed by atoms with Gasteiger partial charge in [-0.05, 0) is 30.5 Å². The van der Waals surface area contributed by atoms with Gasteiger partial charge in [0.05, 0.1) is 6.61 Å². The molecule has 0 aromatic carbocycles. The van der Waals surface area contributed by atoms with Gasteiger partial charge in [0.25, 0.3) is 0 Å². The van der Waals surface area contributed by atoms with Gasteiger partial charge in [0.15, 0.2) is 0 Å². The highest BCUT2D eigenvalue weighted by Crippen LogP contribution is 2.14. The number of ether oxygens (including phenoxy) is 1. The third kappa shape index (κ3) is 4.48. The van der Waals surface area contributed by atoms with Crippen molar-refractivity contribution in [2.45, 2.75) is 26.2 Å². The number of halogens is 1. The van der Waals surface area contributed by atoms with Gasteiger partial charge in [-0.1, -0.05) is 18.5 Å². The summed E-state index contributed by atoms with van der Waals surface area (Å²) in [6.07, 6.45) is 6.23. The number of hydrogen-bond donors (Lipinski definition) is 0. The van der Waals surface area contributed by atoms with Crippen LogP contribution in [-0.2, 0) is 12.8 Å². The minimum atomic E-state index is 0.427. The van der Waals surface area contributed by atoms with Gasteiger partial charge in [0.2, 0.25) is 5.88 Å². The van der Waals surface area contributed by atoms with Crippen LogP contribution in [0, 0.1) is 0 Å². The molecule has 0 saturated heterocycles. The van der Waals surface area contributed by atoms with E-state index in [0.717, 1.165) is 19.3 Å². The van der Waals surface area contributed by atoms with Crippen LogP contribution in [0.4, 0.5) is 0 Å². The molecular formula is C14H16ClN3O. The predicted octanol–water partition coefficient (Wildman–Crippen LogP) is 3.10. The van der Waals surface area contributed by atoms with Crippen molar-refractivity contribution in [2.24, 2.45) is 0 Å². The lowest BCUT2D eigenvalue weighted by molar-refractivity contribution is 0.297. The van der Waals surface area contributed by atoms with Crippen LogP contribution in [0.2, 0.25) is 5.15 Å². The lowest BCUT2D eigenvalue weighted by atomic mass is 10.1. The molecule has 0 saturated carbocycles. The van der Waals surface area contributed by atoms with Crippen LogP contribution in [0.5, 0.6) is 5.88 Å². The van der Waals surface area contributed by atoms with Gasteiger partial charge in [-0.15, -0.1) is 0 Å². The van der Waals surface area contributed by atoms with Crippen LogP contribution in [0.15, 0.2) is 30.6 Å². The van der Waals surface area contributed by atoms with E-state index in [1.54, 1.807) is 18.5 Å². The van der Waals surface area contributed by atoms with Crippen LogP contribution in [0.1, 0.15) is 24.7 Å². The summed E-state index contributed by atoms with van der Waals surface area (Å²) in [6, 6.07) is 5.67. The molecule has 0 aliphatic heterocycles. The van der Waals surface area contributed by atoms with Crippen LogP contribution >= 0.6 is 11.6 Å². The Bertz CT molecular complexity index is 519. The van der Waals surface area contributed by atoms with Crippen molar-refractivity contribution in [2.75, 3.05) is 6.61 Å². The van der Waals surface area contributed by atoms with Gasteiger partial charge in [0.1, 0.15) is 11.0 Å². The Balaban J connectivity index is 1.81. The normalized spacial score (nSPS) is 10.4. The molecule has 0 radical (unpaired) electrons. The second-order valence-corrected chi connectivity index (χ2v) is 4.49. The van der Waals surface area contributed by atoms with Crippen LogP contribution in [0.25, 0.3) is 0 Å². The summed E-state index contributed by atoms with van der Waals surface area (Å²) in [6.45, 7) is 2.59. The number of pyridine rings is 1. The van der Waals surface area contributed by atoms with Gasteiger partial charge in [0, 0.05) is 24.9 Å². The molecule has 4 nitrogen and oxygen atoms in total. The molecule has 0 amide bonds. The van der Waals surface area contributed by atoms with E-state index in [1.807, 2.05) is 19.1 Å². The number of rotatable bonds is 6. The summed E-state index contributed by atoms with van der Waals surface area (Å²) < 4.78 is 5.60. The maximum atomic E-state index is 5.90. The summed E-state index contributed by atoms with van der Waals surface area (Å²) in [5, 5.41) is 0.427. The average Bonchev–Trinajstić information content (AvgIpc) is 2.44. The van der Waals surface area contributed by atoms with Gasteiger partial charge < -0.3 is 4.74 Å². The highest BCUT2D eigenvalue weighted by molar-refractivity contribution is 6.29. The zero-order valence-electron chi connectivity index (χ0n) is 10.8. The molecular weight excluding hydrogens is 262 g/mol. The fraction of sp³-hybridized carbons (Fsp3) is 0.357. The summed E-state index contributed by atoms with van der Waals surface area (Å²) in [4.78, 5) is 12.4. The standard InChI is InChI=1S/C14H16ClN3O/c1-2-13-17-12(15)10-14(18-13)19-9-3-4-11-5-7-16-8-6-11/h5-8,10H,2-4,9H2,1H3. The smallest absolute Gasteiger partial charge is 0.218 e. The lowest BCUT2D eigenvalue weighted by Crippen LogP contribution is -2.03.